The highest BCUT2D eigenvalue weighted by Crippen LogP contribution is 2.30. The molecule has 2 aromatic carbocycles. The second-order valence-electron chi connectivity index (χ2n) is 5.36. The second-order valence-corrected chi connectivity index (χ2v) is 6.80. The van der Waals surface area contributed by atoms with Gasteiger partial charge in [-0.15, -0.1) is 0 Å². The van der Waals surface area contributed by atoms with Crippen LogP contribution in [-0.2, 0) is 0 Å². The molecular weight excluding hydrogens is 316 g/mol. The number of carbonyl (C=O) groups excluding carboxylic acids is 1. The standard InChI is InChI=1S/C17H15ClN2OS/c1-9-4-5-12(10(2)6-9)16(21)20-17-19-14-8-13(18)11(3)7-15(14)22-17/h4-8H,1-3H3,(H,19,20,21). The molecule has 1 aromatic heterocycles. The number of nitrogens with one attached hydrogen (secondary N) is 1. The van der Waals surface area contributed by atoms with Crippen molar-refractivity contribution < 1.29 is 4.79 Å². The second kappa shape index (κ2) is 5.71. The van der Waals surface area contributed by atoms with Crippen LogP contribution in [0.15, 0.2) is 30.3 Å². The van der Waals surface area contributed by atoms with E-state index in [9.17, 15) is 4.79 Å². The molecule has 0 spiro atoms. The van der Waals surface area contributed by atoms with E-state index in [1.807, 2.05) is 51.1 Å². The summed E-state index contributed by atoms with van der Waals surface area (Å²) in [5.41, 5.74) is 4.57. The van der Waals surface area contributed by atoms with Gasteiger partial charge in [-0.2, -0.15) is 0 Å². The van der Waals surface area contributed by atoms with E-state index in [0.717, 1.165) is 26.9 Å². The summed E-state index contributed by atoms with van der Waals surface area (Å²) in [4.78, 5) is 16.8. The van der Waals surface area contributed by atoms with Crippen molar-refractivity contribution in [1.82, 2.24) is 4.98 Å². The molecule has 112 valence electrons. The molecule has 0 fully saturated rings. The predicted octanol–water partition coefficient (Wildman–Crippen LogP) is 5.13. The SMILES string of the molecule is Cc1ccc(C(=O)Nc2nc3cc(Cl)c(C)cc3s2)c(C)c1. The first-order chi connectivity index (χ1) is 10.4. The zero-order chi connectivity index (χ0) is 15.9. The smallest absolute Gasteiger partial charge is 0.257 e. The van der Waals surface area contributed by atoms with Gasteiger partial charge in [0, 0.05) is 10.6 Å². The topological polar surface area (TPSA) is 42.0 Å². The summed E-state index contributed by atoms with van der Waals surface area (Å²) in [6.45, 7) is 5.90. The number of rotatable bonds is 2. The van der Waals surface area contributed by atoms with Crippen LogP contribution in [0.4, 0.5) is 5.13 Å². The molecule has 3 rings (SSSR count). The van der Waals surface area contributed by atoms with Crippen molar-refractivity contribution in [1.29, 1.82) is 0 Å². The van der Waals surface area contributed by atoms with Gasteiger partial charge in [-0.3, -0.25) is 10.1 Å². The van der Waals surface area contributed by atoms with Gasteiger partial charge in [-0.1, -0.05) is 40.6 Å². The van der Waals surface area contributed by atoms with Crippen molar-refractivity contribution in [3.8, 4) is 0 Å². The summed E-state index contributed by atoms with van der Waals surface area (Å²) in [5, 5.41) is 4.14. The number of aromatic nitrogens is 1. The monoisotopic (exact) mass is 330 g/mol. The summed E-state index contributed by atoms with van der Waals surface area (Å²) in [7, 11) is 0. The highest BCUT2D eigenvalue weighted by Gasteiger charge is 2.13. The van der Waals surface area contributed by atoms with Crippen molar-refractivity contribution in [2.75, 3.05) is 5.32 Å². The number of halogens is 1. The van der Waals surface area contributed by atoms with Gasteiger partial charge in [-0.05, 0) is 50.1 Å². The molecule has 3 nitrogen and oxygen atoms in total. The first-order valence-electron chi connectivity index (χ1n) is 6.89. The number of hydrogen-bond acceptors (Lipinski definition) is 3. The Morgan fingerprint density at radius 3 is 2.64 bits per heavy atom. The average Bonchev–Trinajstić information content (AvgIpc) is 2.80. The van der Waals surface area contributed by atoms with Crippen molar-refractivity contribution >= 4 is 44.2 Å². The molecule has 1 heterocycles. The van der Waals surface area contributed by atoms with Crippen LogP contribution >= 0.6 is 22.9 Å². The van der Waals surface area contributed by atoms with Crippen molar-refractivity contribution in [2.45, 2.75) is 20.8 Å². The number of aryl methyl sites for hydroxylation is 3. The van der Waals surface area contributed by atoms with E-state index in [1.54, 1.807) is 0 Å². The molecule has 0 aliphatic carbocycles. The normalized spacial score (nSPS) is 10.9. The van der Waals surface area contributed by atoms with Crippen LogP contribution in [0.5, 0.6) is 0 Å². The van der Waals surface area contributed by atoms with E-state index in [2.05, 4.69) is 10.3 Å². The third-order valence-electron chi connectivity index (χ3n) is 3.52. The van der Waals surface area contributed by atoms with Gasteiger partial charge >= 0.3 is 0 Å². The van der Waals surface area contributed by atoms with Crippen LogP contribution in [0.25, 0.3) is 10.2 Å². The lowest BCUT2D eigenvalue weighted by molar-refractivity contribution is 0.102. The summed E-state index contributed by atoms with van der Waals surface area (Å²) >= 11 is 7.56. The Kier molecular flexibility index (Phi) is 3.89. The van der Waals surface area contributed by atoms with Gasteiger partial charge in [-0.25, -0.2) is 4.98 Å². The van der Waals surface area contributed by atoms with Gasteiger partial charge in [0.05, 0.1) is 10.2 Å². The third-order valence-corrected chi connectivity index (χ3v) is 4.86. The lowest BCUT2D eigenvalue weighted by atomic mass is 10.1. The zero-order valence-corrected chi connectivity index (χ0v) is 14.1. The van der Waals surface area contributed by atoms with E-state index in [0.29, 0.717) is 15.7 Å². The highest BCUT2D eigenvalue weighted by molar-refractivity contribution is 7.22. The number of hydrogen-bond donors (Lipinski definition) is 1. The summed E-state index contributed by atoms with van der Waals surface area (Å²) in [6.07, 6.45) is 0. The van der Waals surface area contributed by atoms with Crippen LogP contribution < -0.4 is 5.32 Å². The third kappa shape index (κ3) is 2.85. The highest BCUT2D eigenvalue weighted by atomic mass is 35.5. The Labute approximate surface area is 138 Å². The molecule has 1 amide bonds. The van der Waals surface area contributed by atoms with Crippen LogP contribution in [0.2, 0.25) is 5.02 Å². The average molecular weight is 331 g/mol. The maximum atomic E-state index is 12.4. The molecule has 5 heteroatoms. The molecule has 0 saturated carbocycles. The largest absolute Gasteiger partial charge is 0.298 e. The molecule has 0 saturated heterocycles. The molecule has 3 aromatic rings. The quantitative estimate of drug-likeness (QED) is 0.708. The van der Waals surface area contributed by atoms with E-state index >= 15 is 0 Å². The lowest BCUT2D eigenvalue weighted by Gasteiger charge is -2.06. The number of nitrogens with zero attached hydrogens (tertiary/aromatic N) is 1. The molecule has 0 atom stereocenters. The minimum atomic E-state index is -0.139. The number of amides is 1. The Bertz CT molecular complexity index is 847. The first kappa shape index (κ1) is 15.0. The fourth-order valence-electron chi connectivity index (χ4n) is 2.34. The van der Waals surface area contributed by atoms with Crippen molar-refractivity contribution in [3.63, 3.8) is 0 Å². The number of carbonyl (C=O) groups is 1. The fraction of sp³-hybridized carbons (Fsp3) is 0.176. The number of thiazole rings is 1. The molecule has 22 heavy (non-hydrogen) atoms. The molecule has 0 radical (unpaired) electrons. The van der Waals surface area contributed by atoms with E-state index < -0.39 is 0 Å². The maximum Gasteiger partial charge on any atom is 0.257 e. The fourth-order valence-corrected chi connectivity index (χ4v) is 3.44. The van der Waals surface area contributed by atoms with Crippen LogP contribution in [-0.4, -0.2) is 10.9 Å². The van der Waals surface area contributed by atoms with Gasteiger partial charge in [0.25, 0.3) is 5.91 Å². The van der Waals surface area contributed by atoms with E-state index in [4.69, 9.17) is 11.6 Å². The first-order valence-corrected chi connectivity index (χ1v) is 8.09. The molecule has 0 aliphatic rings. The Hall–Kier alpha value is -1.91. The molecule has 1 N–H and O–H groups in total. The van der Waals surface area contributed by atoms with E-state index in [1.165, 1.54) is 11.3 Å². The summed E-state index contributed by atoms with van der Waals surface area (Å²) in [6, 6.07) is 9.59. The Balaban J connectivity index is 1.90. The molecule has 0 aliphatic heterocycles. The van der Waals surface area contributed by atoms with Crippen LogP contribution in [0.3, 0.4) is 0 Å². The molecule has 0 bridgehead atoms. The summed E-state index contributed by atoms with van der Waals surface area (Å²) < 4.78 is 1.01. The Morgan fingerprint density at radius 1 is 1.14 bits per heavy atom. The van der Waals surface area contributed by atoms with Crippen LogP contribution in [0.1, 0.15) is 27.0 Å². The minimum absolute atomic E-state index is 0.139. The number of anilines is 1. The molecule has 0 unspecified atom stereocenters. The van der Waals surface area contributed by atoms with Crippen LogP contribution in [0, 0.1) is 20.8 Å². The number of fused-ring (bicyclic) bond motifs is 1. The lowest BCUT2D eigenvalue weighted by Crippen LogP contribution is -2.13. The van der Waals surface area contributed by atoms with E-state index in [-0.39, 0.29) is 5.91 Å². The van der Waals surface area contributed by atoms with Crippen molar-refractivity contribution in [3.05, 3.63) is 57.6 Å². The van der Waals surface area contributed by atoms with Gasteiger partial charge < -0.3 is 0 Å². The predicted molar refractivity (Wildman–Crippen MR) is 93.2 cm³/mol. The number of benzene rings is 2. The van der Waals surface area contributed by atoms with Gasteiger partial charge in [0.2, 0.25) is 0 Å². The summed E-state index contributed by atoms with van der Waals surface area (Å²) in [5.74, 6) is -0.139. The Morgan fingerprint density at radius 2 is 1.91 bits per heavy atom. The van der Waals surface area contributed by atoms with Crippen molar-refractivity contribution in [2.24, 2.45) is 0 Å². The minimum Gasteiger partial charge on any atom is -0.298 e. The van der Waals surface area contributed by atoms with Gasteiger partial charge in [0.15, 0.2) is 5.13 Å². The molecular formula is C17H15ClN2OS. The van der Waals surface area contributed by atoms with Gasteiger partial charge in [0.1, 0.15) is 0 Å². The zero-order valence-electron chi connectivity index (χ0n) is 12.5. The maximum absolute atomic E-state index is 12.4.